The van der Waals surface area contributed by atoms with E-state index in [4.69, 9.17) is 27.4 Å². The highest BCUT2D eigenvalue weighted by Crippen LogP contribution is 2.05. The van der Waals surface area contributed by atoms with Crippen LogP contribution in [0.1, 0.15) is 25.7 Å². The molecule has 0 rings (SSSR count). The van der Waals surface area contributed by atoms with Crippen LogP contribution in [0.25, 0.3) is 0 Å². The molecule has 0 saturated heterocycles. The number of aliphatic carboxylic acids is 2. The molecule has 194 valence electrons. The second-order valence-electron chi connectivity index (χ2n) is 7.14. The molecule has 11 N–H and O–H groups in total. The molecule has 0 aliphatic carbocycles. The number of nitrogens with two attached hydrogens (primary N) is 3. The maximum Gasteiger partial charge on any atom is 0.327 e. The molecule has 0 radical (unpaired) electrons. The van der Waals surface area contributed by atoms with Gasteiger partial charge in [0.1, 0.15) is 18.1 Å². The summed E-state index contributed by atoms with van der Waals surface area (Å²) in [5.41, 5.74) is 16.2. The van der Waals surface area contributed by atoms with Gasteiger partial charge in [-0.15, -0.1) is 0 Å². The summed E-state index contributed by atoms with van der Waals surface area (Å²) in [6.45, 7) is 0.234. The lowest BCUT2D eigenvalue weighted by molar-refractivity contribution is -0.142. The Morgan fingerprint density at radius 2 is 1.50 bits per heavy atom. The van der Waals surface area contributed by atoms with Crippen molar-refractivity contribution in [1.29, 1.82) is 0 Å². The number of aliphatic imine (C=N–C) groups is 1. The number of thioether (sulfide) groups is 1. The second-order valence-corrected chi connectivity index (χ2v) is 8.49. The third-order valence-electron chi connectivity index (χ3n) is 4.36. The molecule has 0 aromatic rings. The summed E-state index contributed by atoms with van der Waals surface area (Å²) in [6, 6.07) is -5.02. The number of thiol groups is 1. The number of carboxylic acids is 2. The van der Waals surface area contributed by atoms with Crippen LogP contribution in [0.2, 0.25) is 0 Å². The van der Waals surface area contributed by atoms with Crippen LogP contribution in [0.3, 0.4) is 0 Å². The molecular formula is C18H33N7O7S2. The first-order valence-electron chi connectivity index (χ1n) is 10.2. The molecule has 4 unspecified atom stereocenters. The van der Waals surface area contributed by atoms with E-state index in [-0.39, 0.29) is 31.1 Å². The number of amides is 3. The molecule has 3 amide bonds. The predicted molar refractivity (Wildman–Crippen MR) is 130 cm³/mol. The van der Waals surface area contributed by atoms with Gasteiger partial charge < -0.3 is 43.4 Å². The van der Waals surface area contributed by atoms with Gasteiger partial charge in [0.2, 0.25) is 17.7 Å². The van der Waals surface area contributed by atoms with Gasteiger partial charge in [0.25, 0.3) is 0 Å². The van der Waals surface area contributed by atoms with Crippen molar-refractivity contribution < 1.29 is 34.2 Å². The predicted octanol–water partition coefficient (Wildman–Crippen LogP) is -2.94. The van der Waals surface area contributed by atoms with Crippen molar-refractivity contribution in [3.05, 3.63) is 0 Å². The SMILES string of the molecule is CSCCC(NC(=O)C(CC(=O)O)NC(=O)C(N)CCCN=C(N)N)C(=O)NC(CS)C(=O)O. The fourth-order valence-electron chi connectivity index (χ4n) is 2.55. The third-order valence-corrected chi connectivity index (χ3v) is 5.37. The van der Waals surface area contributed by atoms with Crippen molar-refractivity contribution in [2.75, 3.05) is 24.3 Å². The second kappa shape index (κ2) is 16.8. The first-order chi connectivity index (χ1) is 15.9. The quantitative estimate of drug-likeness (QED) is 0.0403. The number of nitrogens with zero attached hydrogens (tertiary/aromatic N) is 1. The molecule has 0 fully saturated rings. The average Bonchev–Trinajstić information content (AvgIpc) is 2.75. The zero-order valence-corrected chi connectivity index (χ0v) is 20.4. The minimum absolute atomic E-state index is 0.111. The summed E-state index contributed by atoms with van der Waals surface area (Å²) < 4.78 is 0. The Hall–Kier alpha value is -2.72. The van der Waals surface area contributed by atoms with Crippen LogP contribution < -0.4 is 33.2 Å². The van der Waals surface area contributed by atoms with E-state index in [1.807, 2.05) is 0 Å². The van der Waals surface area contributed by atoms with Gasteiger partial charge in [-0.1, -0.05) is 0 Å². The van der Waals surface area contributed by atoms with E-state index >= 15 is 0 Å². The number of hydrogen-bond acceptors (Lipinski definition) is 9. The molecule has 0 saturated carbocycles. The van der Waals surface area contributed by atoms with Crippen molar-refractivity contribution in [2.24, 2.45) is 22.2 Å². The fourth-order valence-corrected chi connectivity index (χ4v) is 3.27. The molecule has 0 heterocycles. The largest absolute Gasteiger partial charge is 0.481 e. The lowest BCUT2D eigenvalue weighted by atomic mass is 10.1. The minimum Gasteiger partial charge on any atom is -0.481 e. The topological polar surface area (TPSA) is 252 Å². The minimum atomic E-state index is -1.52. The fraction of sp³-hybridized carbons (Fsp3) is 0.667. The molecule has 4 atom stereocenters. The van der Waals surface area contributed by atoms with Crippen molar-refractivity contribution in [3.63, 3.8) is 0 Å². The van der Waals surface area contributed by atoms with E-state index in [2.05, 4.69) is 33.6 Å². The van der Waals surface area contributed by atoms with Crippen LogP contribution in [0.5, 0.6) is 0 Å². The zero-order valence-electron chi connectivity index (χ0n) is 18.7. The highest BCUT2D eigenvalue weighted by atomic mass is 32.2. The highest BCUT2D eigenvalue weighted by molar-refractivity contribution is 7.98. The Morgan fingerprint density at radius 3 is 2.00 bits per heavy atom. The molecule has 0 spiro atoms. The van der Waals surface area contributed by atoms with Gasteiger partial charge in [-0.3, -0.25) is 24.2 Å². The number of rotatable bonds is 17. The molecular weight excluding hydrogens is 490 g/mol. The van der Waals surface area contributed by atoms with Crippen LogP contribution >= 0.6 is 24.4 Å². The smallest absolute Gasteiger partial charge is 0.327 e. The summed E-state index contributed by atoms with van der Waals surface area (Å²) in [7, 11) is 0. The number of carboxylic acid groups (broad SMARTS) is 2. The van der Waals surface area contributed by atoms with E-state index in [1.165, 1.54) is 11.8 Å². The van der Waals surface area contributed by atoms with E-state index in [9.17, 15) is 24.0 Å². The van der Waals surface area contributed by atoms with Crippen molar-refractivity contribution in [2.45, 2.75) is 49.9 Å². The van der Waals surface area contributed by atoms with Gasteiger partial charge in [0, 0.05) is 12.3 Å². The Bertz CT molecular complexity index is 750. The van der Waals surface area contributed by atoms with Crippen LogP contribution in [0, 0.1) is 0 Å². The maximum absolute atomic E-state index is 12.7. The van der Waals surface area contributed by atoms with E-state index < -0.39 is 60.2 Å². The van der Waals surface area contributed by atoms with Gasteiger partial charge in [-0.05, 0) is 31.3 Å². The van der Waals surface area contributed by atoms with Gasteiger partial charge in [-0.25, -0.2) is 4.79 Å². The molecule has 16 heteroatoms. The van der Waals surface area contributed by atoms with Gasteiger partial charge in [0.15, 0.2) is 5.96 Å². The molecule has 0 aliphatic rings. The van der Waals surface area contributed by atoms with Gasteiger partial charge in [0.05, 0.1) is 12.5 Å². The molecule has 0 aromatic heterocycles. The van der Waals surface area contributed by atoms with Crippen LogP contribution in [-0.4, -0.2) is 94.3 Å². The summed E-state index contributed by atoms with van der Waals surface area (Å²) in [5.74, 6) is -4.99. The summed E-state index contributed by atoms with van der Waals surface area (Å²) >= 11 is 5.26. The molecule has 0 bridgehead atoms. The maximum atomic E-state index is 12.7. The van der Waals surface area contributed by atoms with Crippen LogP contribution in [-0.2, 0) is 24.0 Å². The summed E-state index contributed by atoms with van der Waals surface area (Å²) in [4.78, 5) is 63.8. The highest BCUT2D eigenvalue weighted by Gasteiger charge is 2.31. The Morgan fingerprint density at radius 1 is 0.941 bits per heavy atom. The van der Waals surface area contributed by atoms with Crippen molar-refractivity contribution in [3.8, 4) is 0 Å². The molecule has 34 heavy (non-hydrogen) atoms. The number of guanidine groups is 1. The lowest BCUT2D eigenvalue weighted by Crippen LogP contribution is -2.57. The van der Waals surface area contributed by atoms with E-state index in [1.54, 1.807) is 6.26 Å². The third kappa shape index (κ3) is 13.1. The van der Waals surface area contributed by atoms with Crippen molar-refractivity contribution >= 4 is 60.0 Å². The number of nitrogens with one attached hydrogen (secondary N) is 3. The number of carbonyl (C=O) groups is 5. The van der Waals surface area contributed by atoms with Crippen LogP contribution in [0.4, 0.5) is 0 Å². The van der Waals surface area contributed by atoms with Crippen molar-refractivity contribution in [1.82, 2.24) is 16.0 Å². The number of hydrogen-bond donors (Lipinski definition) is 9. The summed E-state index contributed by atoms with van der Waals surface area (Å²) in [5, 5.41) is 25.2. The average molecular weight is 524 g/mol. The standard InChI is InChI=1S/C18H33N7O7S2/c1-34-6-4-10(15(29)25-12(8-33)17(31)32)23-16(30)11(7-13(26)27)24-14(28)9(19)3-2-5-22-18(20)21/h9-12,33H,2-8,19H2,1H3,(H,23,30)(H,24,28)(H,25,29)(H,26,27)(H,31,32)(H4,20,21,22). The lowest BCUT2D eigenvalue weighted by Gasteiger charge is -2.24. The van der Waals surface area contributed by atoms with E-state index in [0.717, 1.165) is 0 Å². The first-order valence-corrected chi connectivity index (χ1v) is 12.2. The zero-order chi connectivity index (χ0) is 26.3. The van der Waals surface area contributed by atoms with Gasteiger partial charge in [-0.2, -0.15) is 24.4 Å². The number of carbonyl (C=O) groups excluding carboxylic acids is 3. The Labute approximate surface area is 206 Å². The van der Waals surface area contributed by atoms with Crippen LogP contribution in [0.15, 0.2) is 4.99 Å². The monoisotopic (exact) mass is 523 g/mol. The molecule has 0 aliphatic heterocycles. The molecule has 0 aromatic carbocycles. The Balaban J connectivity index is 5.29. The Kier molecular flexibility index (Phi) is 15.5. The first kappa shape index (κ1) is 31.3. The van der Waals surface area contributed by atoms with Gasteiger partial charge >= 0.3 is 11.9 Å². The summed E-state index contributed by atoms with van der Waals surface area (Å²) in [6.07, 6.45) is 1.68. The van der Waals surface area contributed by atoms with E-state index in [0.29, 0.717) is 12.2 Å². The molecule has 14 nitrogen and oxygen atoms in total. The normalized spacial score (nSPS) is 14.1.